The summed E-state index contributed by atoms with van der Waals surface area (Å²) in [5.41, 5.74) is 0.368. The molecule has 0 radical (unpaired) electrons. The molecule has 54 valence electrons. The second-order valence-corrected chi connectivity index (χ2v) is 3.91. The van der Waals surface area contributed by atoms with Crippen LogP contribution in [-0.4, -0.2) is 17.6 Å². The normalized spacial score (nSPS) is 30.0. The monoisotopic (exact) mass is 128 g/mol. The van der Waals surface area contributed by atoms with Crippen LogP contribution in [0.25, 0.3) is 0 Å². The minimum atomic E-state index is 0.368. The third kappa shape index (κ3) is 1.25. The molecule has 0 aromatic carbocycles. The first-order chi connectivity index (χ1) is 4.02. The van der Waals surface area contributed by atoms with Crippen molar-refractivity contribution in [1.29, 1.82) is 0 Å². The van der Waals surface area contributed by atoms with E-state index in [0.717, 1.165) is 6.54 Å². The van der Waals surface area contributed by atoms with E-state index in [1.807, 2.05) is 5.01 Å². The van der Waals surface area contributed by atoms with Gasteiger partial charge in [-0.25, -0.2) is 5.01 Å². The van der Waals surface area contributed by atoms with Gasteiger partial charge in [0, 0.05) is 12.6 Å². The van der Waals surface area contributed by atoms with Crippen LogP contribution in [0.15, 0.2) is 0 Å². The van der Waals surface area contributed by atoms with Crippen LogP contribution in [0.5, 0.6) is 0 Å². The summed E-state index contributed by atoms with van der Waals surface area (Å²) >= 11 is 0. The van der Waals surface area contributed by atoms with Gasteiger partial charge in [0.2, 0.25) is 0 Å². The Bertz CT molecular complexity index is 104. The molecular weight excluding hydrogens is 112 g/mol. The Labute approximate surface area is 57.0 Å². The molecule has 1 saturated heterocycles. The third-order valence-corrected chi connectivity index (χ3v) is 2.06. The largest absolute Gasteiger partial charge is 0.269 e. The highest BCUT2D eigenvalue weighted by molar-refractivity contribution is 4.87. The Balaban J connectivity index is 2.44. The Hall–Kier alpha value is -0.0800. The lowest BCUT2D eigenvalue weighted by atomic mass is 9.80. The van der Waals surface area contributed by atoms with Crippen LogP contribution in [0.2, 0.25) is 0 Å². The smallest absolute Gasteiger partial charge is 0.0302 e. The number of nitrogens with zero attached hydrogens (tertiary/aromatic N) is 1. The van der Waals surface area contributed by atoms with Crippen molar-refractivity contribution in [1.82, 2.24) is 5.01 Å². The van der Waals surface area contributed by atoms with E-state index in [9.17, 15) is 0 Å². The minimum Gasteiger partial charge on any atom is -0.269 e. The van der Waals surface area contributed by atoms with Crippen molar-refractivity contribution in [3.8, 4) is 0 Å². The molecule has 0 amide bonds. The molecule has 0 bridgehead atoms. The standard InChI is InChI=1S/C7H16N2/c1-7(2,3)6-4-5-9(6)8/h6H,4-5,8H2,1-3H3. The van der Waals surface area contributed by atoms with Crippen LogP contribution < -0.4 is 5.84 Å². The molecule has 0 spiro atoms. The average Bonchev–Trinajstić information content (AvgIpc) is 1.57. The highest BCUT2D eigenvalue weighted by Crippen LogP contribution is 2.30. The number of hydrogen-bond acceptors (Lipinski definition) is 2. The summed E-state index contributed by atoms with van der Waals surface area (Å²) in [6.45, 7) is 7.77. The van der Waals surface area contributed by atoms with Gasteiger partial charge >= 0.3 is 0 Å². The molecule has 0 aliphatic carbocycles. The topological polar surface area (TPSA) is 29.3 Å². The Morgan fingerprint density at radius 1 is 1.44 bits per heavy atom. The second-order valence-electron chi connectivity index (χ2n) is 3.91. The molecule has 2 nitrogen and oxygen atoms in total. The van der Waals surface area contributed by atoms with Gasteiger partial charge in [-0.3, -0.25) is 5.84 Å². The van der Waals surface area contributed by atoms with Crippen molar-refractivity contribution in [2.75, 3.05) is 6.54 Å². The first-order valence-corrected chi connectivity index (χ1v) is 3.53. The molecule has 1 rings (SSSR count). The van der Waals surface area contributed by atoms with Crippen molar-refractivity contribution in [3.63, 3.8) is 0 Å². The van der Waals surface area contributed by atoms with Crippen LogP contribution >= 0.6 is 0 Å². The van der Waals surface area contributed by atoms with Crippen LogP contribution in [0.1, 0.15) is 27.2 Å². The van der Waals surface area contributed by atoms with Gasteiger partial charge in [-0.15, -0.1) is 0 Å². The zero-order valence-electron chi connectivity index (χ0n) is 6.52. The van der Waals surface area contributed by atoms with Crippen LogP contribution in [0, 0.1) is 5.41 Å². The van der Waals surface area contributed by atoms with E-state index < -0.39 is 0 Å². The zero-order chi connectivity index (χ0) is 7.07. The summed E-state index contributed by atoms with van der Waals surface area (Å²) < 4.78 is 0. The van der Waals surface area contributed by atoms with Crippen molar-refractivity contribution in [3.05, 3.63) is 0 Å². The molecule has 1 unspecified atom stereocenters. The van der Waals surface area contributed by atoms with Gasteiger partial charge < -0.3 is 0 Å². The van der Waals surface area contributed by atoms with Crippen LogP contribution in [-0.2, 0) is 0 Å². The molecule has 9 heavy (non-hydrogen) atoms. The van der Waals surface area contributed by atoms with Gasteiger partial charge in [-0.1, -0.05) is 20.8 Å². The van der Waals surface area contributed by atoms with Gasteiger partial charge in [-0.2, -0.15) is 0 Å². The fourth-order valence-corrected chi connectivity index (χ4v) is 1.34. The predicted octanol–water partition coefficient (Wildman–Crippen LogP) is 0.980. The molecule has 1 heterocycles. The lowest BCUT2D eigenvalue weighted by Gasteiger charge is -2.45. The highest BCUT2D eigenvalue weighted by Gasteiger charge is 2.34. The van der Waals surface area contributed by atoms with E-state index in [-0.39, 0.29) is 0 Å². The van der Waals surface area contributed by atoms with E-state index in [4.69, 9.17) is 5.84 Å². The van der Waals surface area contributed by atoms with E-state index in [0.29, 0.717) is 11.5 Å². The van der Waals surface area contributed by atoms with Crippen molar-refractivity contribution >= 4 is 0 Å². The maximum atomic E-state index is 5.64. The van der Waals surface area contributed by atoms with Gasteiger partial charge in [0.05, 0.1) is 0 Å². The zero-order valence-corrected chi connectivity index (χ0v) is 6.52. The van der Waals surface area contributed by atoms with Gasteiger partial charge in [-0.05, 0) is 11.8 Å². The Morgan fingerprint density at radius 2 is 2.00 bits per heavy atom. The molecular formula is C7H16N2. The lowest BCUT2D eigenvalue weighted by Crippen LogP contribution is -2.57. The minimum absolute atomic E-state index is 0.368. The van der Waals surface area contributed by atoms with Gasteiger partial charge in [0.25, 0.3) is 0 Å². The van der Waals surface area contributed by atoms with Crippen molar-refractivity contribution < 1.29 is 0 Å². The van der Waals surface area contributed by atoms with Gasteiger partial charge in [0.1, 0.15) is 0 Å². The van der Waals surface area contributed by atoms with Gasteiger partial charge in [0.15, 0.2) is 0 Å². The number of rotatable bonds is 0. The van der Waals surface area contributed by atoms with Crippen LogP contribution in [0.4, 0.5) is 0 Å². The van der Waals surface area contributed by atoms with Crippen molar-refractivity contribution in [2.45, 2.75) is 33.2 Å². The Kier molecular flexibility index (Phi) is 1.53. The quantitative estimate of drug-likeness (QED) is 0.493. The summed E-state index contributed by atoms with van der Waals surface area (Å²) in [6, 6.07) is 0.609. The average molecular weight is 128 g/mol. The molecule has 1 aliphatic heterocycles. The molecule has 1 atom stereocenters. The molecule has 0 aromatic heterocycles. The first kappa shape index (κ1) is 7.03. The SMILES string of the molecule is CC(C)(C)C1CCN1N. The van der Waals surface area contributed by atoms with E-state index in [1.54, 1.807) is 0 Å². The molecule has 1 aliphatic rings. The number of nitrogens with two attached hydrogens (primary N) is 1. The lowest BCUT2D eigenvalue weighted by molar-refractivity contribution is 0.0112. The van der Waals surface area contributed by atoms with E-state index in [2.05, 4.69) is 20.8 Å². The molecule has 1 fully saturated rings. The molecule has 0 saturated carbocycles. The first-order valence-electron chi connectivity index (χ1n) is 3.53. The third-order valence-electron chi connectivity index (χ3n) is 2.06. The van der Waals surface area contributed by atoms with Crippen LogP contribution in [0.3, 0.4) is 0 Å². The summed E-state index contributed by atoms with van der Waals surface area (Å²) in [7, 11) is 0. The number of hydrazine groups is 1. The summed E-state index contributed by atoms with van der Waals surface area (Å²) in [4.78, 5) is 0. The predicted molar refractivity (Wildman–Crippen MR) is 38.8 cm³/mol. The number of hydrogen-bond donors (Lipinski definition) is 1. The van der Waals surface area contributed by atoms with Crippen molar-refractivity contribution in [2.24, 2.45) is 11.3 Å². The highest BCUT2D eigenvalue weighted by atomic mass is 15.5. The van der Waals surface area contributed by atoms with E-state index in [1.165, 1.54) is 6.42 Å². The second kappa shape index (κ2) is 1.96. The molecule has 0 aromatic rings. The summed E-state index contributed by atoms with van der Waals surface area (Å²) in [5.74, 6) is 5.64. The maximum absolute atomic E-state index is 5.64. The summed E-state index contributed by atoms with van der Waals surface area (Å²) in [6.07, 6.45) is 1.26. The summed E-state index contributed by atoms with van der Waals surface area (Å²) in [5, 5.41) is 1.93. The van der Waals surface area contributed by atoms with E-state index >= 15 is 0 Å². The fourth-order valence-electron chi connectivity index (χ4n) is 1.34. The fraction of sp³-hybridized carbons (Fsp3) is 1.00. The maximum Gasteiger partial charge on any atom is 0.0302 e. The molecule has 2 N–H and O–H groups in total. The Morgan fingerprint density at radius 3 is 2.00 bits per heavy atom. The molecule has 2 heteroatoms.